The van der Waals surface area contributed by atoms with Crippen LogP contribution < -0.4 is 10.6 Å². The Balaban J connectivity index is 1.97. The Morgan fingerprint density at radius 1 is 1.00 bits per heavy atom. The molecule has 0 radical (unpaired) electrons. The summed E-state index contributed by atoms with van der Waals surface area (Å²) in [4.78, 5) is 24.9. The number of rotatable bonds is 6. The minimum atomic E-state index is -1.27. The van der Waals surface area contributed by atoms with Gasteiger partial charge in [0.1, 0.15) is 11.2 Å². The molecule has 0 spiro atoms. The zero-order valence-electron chi connectivity index (χ0n) is 14.7. The first-order valence-corrected chi connectivity index (χ1v) is 8.20. The van der Waals surface area contributed by atoms with Crippen molar-refractivity contribution in [3.63, 3.8) is 0 Å². The third kappa shape index (κ3) is 4.66. The molecule has 2 amide bonds. The molecule has 0 aliphatic heterocycles. The van der Waals surface area contributed by atoms with Gasteiger partial charge in [0.25, 0.3) is 0 Å². The largest absolute Gasteiger partial charge is 0.351 e. The molecule has 1 unspecified atom stereocenters. The van der Waals surface area contributed by atoms with E-state index in [9.17, 15) is 14.0 Å². The second kappa shape index (κ2) is 7.92. The Kier molecular flexibility index (Phi) is 5.91. The second-order valence-corrected chi connectivity index (χ2v) is 6.50. The zero-order valence-corrected chi connectivity index (χ0v) is 14.7. The van der Waals surface area contributed by atoms with Crippen molar-refractivity contribution < 1.29 is 14.0 Å². The van der Waals surface area contributed by atoms with Crippen molar-refractivity contribution in [2.24, 2.45) is 5.41 Å². The van der Waals surface area contributed by atoms with E-state index in [2.05, 4.69) is 10.6 Å². The van der Waals surface area contributed by atoms with Gasteiger partial charge in [-0.2, -0.15) is 0 Å². The maximum atomic E-state index is 13.6. The standard InChI is InChI=1S/C20H23FN2O2/c1-14(15-9-5-4-6-10-15)23-19(25)20(2,3)18(24)22-13-16-11-7-8-12-17(16)21/h4-12,14H,13H2,1-3H3,(H,22,24)(H,23,25). The molecule has 2 N–H and O–H groups in total. The number of amides is 2. The van der Waals surface area contributed by atoms with E-state index in [-0.39, 0.29) is 24.3 Å². The lowest BCUT2D eigenvalue weighted by Gasteiger charge is -2.25. The lowest BCUT2D eigenvalue weighted by atomic mass is 9.90. The molecule has 2 aromatic carbocycles. The predicted molar refractivity (Wildman–Crippen MR) is 95.0 cm³/mol. The Hall–Kier alpha value is -2.69. The average Bonchev–Trinajstić information content (AvgIpc) is 2.61. The molecule has 5 heteroatoms. The number of nitrogens with one attached hydrogen (secondary N) is 2. The van der Waals surface area contributed by atoms with Gasteiger partial charge in [0.2, 0.25) is 11.8 Å². The van der Waals surface area contributed by atoms with Crippen molar-refractivity contribution in [2.45, 2.75) is 33.4 Å². The van der Waals surface area contributed by atoms with E-state index in [1.54, 1.807) is 32.0 Å². The van der Waals surface area contributed by atoms with Crippen LogP contribution >= 0.6 is 0 Å². The molecule has 0 bridgehead atoms. The van der Waals surface area contributed by atoms with Crippen LogP contribution in [0.4, 0.5) is 4.39 Å². The third-order valence-electron chi connectivity index (χ3n) is 4.18. The van der Waals surface area contributed by atoms with E-state index in [4.69, 9.17) is 0 Å². The molecule has 0 heterocycles. The number of carbonyl (C=O) groups excluding carboxylic acids is 2. The van der Waals surface area contributed by atoms with Gasteiger partial charge in [0.15, 0.2) is 0 Å². The van der Waals surface area contributed by atoms with Gasteiger partial charge in [-0.3, -0.25) is 9.59 Å². The number of carbonyl (C=O) groups is 2. The first-order chi connectivity index (χ1) is 11.8. The van der Waals surface area contributed by atoms with Gasteiger partial charge >= 0.3 is 0 Å². The van der Waals surface area contributed by atoms with Gasteiger partial charge in [0, 0.05) is 12.1 Å². The molecule has 0 saturated carbocycles. The van der Waals surface area contributed by atoms with Gasteiger partial charge in [0.05, 0.1) is 6.04 Å². The monoisotopic (exact) mass is 342 g/mol. The molecular formula is C20H23FN2O2. The fourth-order valence-corrected chi connectivity index (χ4v) is 2.34. The number of hydrogen-bond acceptors (Lipinski definition) is 2. The molecule has 0 saturated heterocycles. The molecule has 0 aliphatic carbocycles. The molecule has 132 valence electrons. The number of halogens is 1. The molecular weight excluding hydrogens is 319 g/mol. The van der Waals surface area contributed by atoms with E-state index in [1.807, 2.05) is 37.3 Å². The highest BCUT2D eigenvalue weighted by atomic mass is 19.1. The Morgan fingerprint density at radius 3 is 2.24 bits per heavy atom. The summed E-state index contributed by atoms with van der Waals surface area (Å²) >= 11 is 0. The minimum Gasteiger partial charge on any atom is -0.351 e. The Bertz CT molecular complexity index is 744. The van der Waals surface area contributed by atoms with E-state index >= 15 is 0 Å². The average molecular weight is 342 g/mol. The third-order valence-corrected chi connectivity index (χ3v) is 4.18. The molecule has 2 rings (SSSR count). The molecule has 0 fully saturated rings. The summed E-state index contributed by atoms with van der Waals surface area (Å²) in [6, 6.07) is 15.5. The maximum Gasteiger partial charge on any atom is 0.235 e. The van der Waals surface area contributed by atoms with Crippen LogP contribution in [0.2, 0.25) is 0 Å². The molecule has 4 nitrogen and oxygen atoms in total. The number of hydrogen-bond donors (Lipinski definition) is 2. The molecule has 25 heavy (non-hydrogen) atoms. The maximum absolute atomic E-state index is 13.6. The predicted octanol–water partition coefficient (Wildman–Crippen LogP) is 3.35. The van der Waals surface area contributed by atoms with Crippen molar-refractivity contribution in [1.29, 1.82) is 0 Å². The Morgan fingerprint density at radius 2 is 1.60 bits per heavy atom. The van der Waals surface area contributed by atoms with Crippen LogP contribution in [0.5, 0.6) is 0 Å². The van der Waals surface area contributed by atoms with E-state index in [1.165, 1.54) is 6.07 Å². The SMILES string of the molecule is CC(NC(=O)C(C)(C)C(=O)NCc1ccccc1F)c1ccccc1. The van der Waals surface area contributed by atoms with Crippen molar-refractivity contribution in [1.82, 2.24) is 10.6 Å². The molecule has 2 aromatic rings. The highest BCUT2D eigenvalue weighted by Gasteiger charge is 2.36. The van der Waals surface area contributed by atoms with Crippen LogP contribution in [0.15, 0.2) is 54.6 Å². The second-order valence-electron chi connectivity index (χ2n) is 6.50. The zero-order chi connectivity index (χ0) is 18.4. The van der Waals surface area contributed by atoms with E-state index < -0.39 is 11.3 Å². The summed E-state index contributed by atoms with van der Waals surface area (Å²) in [6.45, 7) is 5.00. The van der Waals surface area contributed by atoms with Crippen molar-refractivity contribution in [2.75, 3.05) is 0 Å². The first-order valence-electron chi connectivity index (χ1n) is 8.20. The van der Waals surface area contributed by atoms with Crippen LogP contribution in [0.25, 0.3) is 0 Å². The van der Waals surface area contributed by atoms with Gasteiger partial charge in [-0.1, -0.05) is 48.5 Å². The van der Waals surface area contributed by atoms with Gasteiger partial charge < -0.3 is 10.6 Å². The van der Waals surface area contributed by atoms with Crippen LogP contribution in [-0.4, -0.2) is 11.8 Å². The number of benzene rings is 2. The van der Waals surface area contributed by atoms with Crippen molar-refractivity contribution in [3.8, 4) is 0 Å². The Labute approximate surface area is 147 Å². The van der Waals surface area contributed by atoms with E-state index in [0.717, 1.165) is 5.56 Å². The van der Waals surface area contributed by atoms with Crippen molar-refractivity contribution in [3.05, 3.63) is 71.5 Å². The fraction of sp³-hybridized carbons (Fsp3) is 0.300. The highest BCUT2D eigenvalue weighted by Crippen LogP contribution is 2.19. The first kappa shape index (κ1) is 18.6. The summed E-state index contributed by atoms with van der Waals surface area (Å²) in [7, 11) is 0. The summed E-state index contributed by atoms with van der Waals surface area (Å²) in [6.07, 6.45) is 0. The lowest BCUT2D eigenvalue weighted by Crippen LogP contribution is -2.48. The summed E-state index contributed by atoms with van der Waals surface area (Å²) < 4.78 is 13.6. The minimum absolute atomic E-state index is 0.0382. The smallest absolute Gasteiger partial charge is 0.235 e. The summed E-state index contributed by atoms with van der Waals surface area (Å²) in [5.74, 6) is -1.22. The summed E-state index contributed by atoms with van der Waals surface area (Å²) in [5.41, 5.74) is 0.0667. The van der Waals surface area contributed by atoms with E-state index in [0.29, 0.717) is 5.56 Å². The van der Waals surface area contributed by atoms with Gasteiger partial charge in [-0.05, 0) is 32.4 Å². The van der Waals surface area contributed by atoms with Crippen LogP contribution in [0, 0.1) is 11.2 Å². The molecule has 0 aromatic heterocycles. The normalized spacial score (nSPS) is 12.3. The lowest BCUT2D eigenvalue weighted by molar-refractivity contribution is -0.141. The molecule has 0 aliphatic rings. The fourth-order valence-electron chi connectivity index (χ4n) is 2.34. The van der Waals surface area contributed by atoms with Crippen LogP contribution in [0.1, 0.15) is 37.9 Å². The van der Waals surface area contributed by atoms with Gasteiger partial charge in [-0.25, -0.2) is 4.39 Å². The highest BCUT2D eigenvalue weighted by molar-refractivity contribution is 6.04. The van der Waals surface area contributed by atoms with Gasteiger partial charge in [-0.15, -0.1) is 0 Å². The quantitative estimate of drug-likeness (QED) is 0.791. The summed E-state index contributed by atoms with van der Waals surface area (Å²) in [5, 5.41) is 5.49. The van der Waals surface area contributed by atoms with Crippen molar-refractivity contribution >= 4 is 11.8 Å². The van der Waals surface area contributed by atoms with Crippen LogP contribution in [0.3, 0.4) is 0 Å². The van der Waals surface area contributed by atoms with Crippen LogP contribution in [-0.2, 0) is 16.1 Å². The molecule has 1 atom stereocenters. The topological polar surface area (TPSA) is 58.2 Å².